The number of likely N-dealkylation sites (tertiary alicyclic amines) is 1. The monoisotopic (exact) mass is 537 g/mol. The topological polar surface area (TPSA) is 88.9 Å². The molecule has 2 aliphatic heterocycles. The maximum absolute atomic E-state index is 12.9. The third-order valence-corrected chi connectivity index (χ3v) is 8.77. The Morgan fingerprint density at radius 1 is 1.16 bits per heavy atom. The molecule has 0 bridgehead atoms. The maximum atomic E-state index is 12.9. The van der Waals surface area contributed by atoms with Gasteiger partial charge in [-0.05, 0) is 43.8 Å². The largest absolute Gasteiger partial charge is 0.380 e. The molecular formula is C29H39N5O3S. The summed E-state index contributed by atoms with van der Waals surface area (Å²) < 4.78 is 11.5. The number of methoxy groups -OCH3 is 1. The number of nitrogens with zero attached hydrogens (tertiary/aromatic N) is 4. The third-order valence-electron chi connectivity index (χ3n) is 7.96. The van der Waals surface area contributed by atoms with Crippen LogP contribution in [0.3, 0.4) is 0 Å². The zero-order chi connectivity index (χ0) is 26.3. The molecule has 0 aromatic carbocycles. The summed E-state index contributed by atoms with van der Waals surface area (Å²) in [6.45, 7) is 7.15. The van der Waals surface area contributed by atoms with Crippen LogP contribution in [0.2, 0.25) is 0 Å². The quantitative estimate of drug-likeness (QED) is 0.548. The summed E-state index contributed by atoms with van der Waals surface area (Å²) in [6.07, 6.45) is 19.3. The minimum atomic E-state index is 0.0326. The summed E-state index contributed by atoms with van der Waals surface area (Å²) in [6, 6.07) is 0.483. The van der Waals surface area contributed by atoms with E-state index in [1.807, 2.05) is 30.6 Å². The Balaban J connectivity index is 1.11. The molecule has 5 rings (SSSR count). The van der Waals surface area contributed by atoms with Crippen molar-refractivity contribution in [3.63, 3.8) is 0 Å². The standard InChI is InChI=1S/C29H39N5O3S/c1-20-13-21(23-16-31-27(32-17-23)19-37-25-8-4-3-5-9-25)7-6-11-30-29(38-20)33-28(35)22-14-24(15-22)34-12-10-26(18-34)36-2/h6-7,13,16-17,22,24-26H,1,3-5,8-12,14-15,18-19H2,2H3,(H,30,33,35)/b7-6-,21-13+. The van der Waals surface area contributed by atoms with Gasteiger partial charge in [-0.3, -0.25) is 14.7 Å². The number of amides is 1. The fraction of sp³-hybridized carbons (Fsp3) is 0.586. The summed E-state index contributed by atoms with van der Waals surface area (Å²) in [5, 5.41) is 3.64. The molecule has 1 saturated heterocycles. The van der Waals surface area contributed by atoms with Crippen LogP contribution in [0.1, 0.15) is 62.8 Å². The van der Waals surface area contributed by atoms with Crippen LogP contribution in [0.4, 0.5) is 0 Å². The highest BCUT2D eigenvalue weighted by Gasteiger charge is 2.40. The van der Waals surface area contributed by atoms with Gasteiger partial charge in [0.25, 0.3) is 0 Å². The normalized spacial score (nSPS) is 30.7. The molecule has 2 saturated carbocycles. The van der Waals surface area contributed by atoms with Crippen LogP contribution in [0, 0.1) is 5.92 Å². The summed E-state index contributed by atoms with van der Waals surface area (Å²) in [4.78, 5) is 29.8. The SMILES string of the molecule is C=C1/C=C(c2cnc(COC3CCCCC3)nc2)\C=C/C/N=C(/NC(=O)C2CC(N3CCC(OC)C3)C2)S1. The first-order chi connectivity index (χ1) is 18.6. The lowest BCUT2D eigenvalue weighted by molar-refractivity contribution is -0.128. The van der Waals surface area contributed by atoms with Crippen molar-refractivity contribution in [2.75, 3.05) is 26.7 Å². The molecule has 38 heavy (non-hydrogen) atoms. The number of ether oxygens (including phenoxy) is 2. The second-order valence-electron chi connectivity index (χ2n) is 10.6. The van der Waals surface area contributed by atoms with E-state index in [1.54, 1.807) is 7.11 Å². The van der Waals surface area contributed by atoms with Gasteiger partial charge < -0.3 is 14.8 Å². The van der Waals surface area contributed by atoms with Crippen molar-refractivity contribution in [3.8, 4) is 0 Å². The van der Waals surface area contributed by atoms with Gasteiger partial charge in [-0.1, -0.05) is 49.8 Å². The number of hydrogen-bond acceptors (Lipinski definition) is 8. The molecule has 4 aliphatic rings. The molecule has 3 fully saturated rings. The minimum Gasteiger partial charge on any atom is -0.380 e. The lowest BCUT2D eigenvalue weighted by Gasteiger charge is -2.40. The lowest BCUT2D eigenvalue weighted by atomic mass is 9.79. The number of carbonyl (C=O) groups is 1. The van der Waals surface area contributed by atoms with Crippen molar-refractivity contribution in [1.82, 2.24) is 20.2 Å². The van der Waals surface area contributed by atoms with Crippen molar-refractivity contribution in [2.45, 2.75) is 76.2 Å². The predicted molar refractivity (Wildman–Crippen MR) is 151 cm³/mol. The second-order valence-corrected chi connectivity index (χ2v) is 11.7. The first-order valence-corrected chi connectivity index (χ1v) is 14.7. The van der Waals surface area contributed by atoms with E-state index in [4.69, 9.17) is 9.47 Å². The van der Waals surface area contributed by atoms with E-state index in [0.717, 1.165) is 61.2 Å². The van der Waals surface area contributed by atoms with E-state index < -0.39 is 0 Å². The number of allylic oxidation sites excluding steroid dienone is 3. The van der Waals surface area contributed by atoms with Crippen LogP contribution >= 0.6 is 11.8 Å². The molecule has 1 unspecified atom stereocenters. The smallest absolute Gasteiger partial charge is 0.229 e. The van der Waals surface area contributed by atoms with Gasteiger partial charge in [-0.15, -0.1) is 0 Å². The summed E-state index contributed by atoms with van der Waals surface area (Å²) >= 11 is 1.39. The Morgan fingerprint density at radius 3 is 2.68 bits per heavy atom. The Kier molecular flexibility index (Phi) is 9.43. The lowest BCUT2D eigenvalue weighted by Crippen LogP contribution is -2.49. The average Bonchev–Trinajstić information content (AvgIpc) is 3.40. The maximum Gasteiger partial charge on any atom is 0.229 e. The van der Waals surface area contributed by atoms with Gasteiger partial charge in [-0.2, -0.15) is 0 Å². The van der Waals surface area contributed by atoms with Gasteiger partial charge in [0, 0.05) is 55.0 Å². The van der Waals surface area contributed by atoms with Crippen LogP contribution in [0.15, 0.2) is 47.1 Å². The van der Waals surface area contributed by atoms with Gasteiger partial charge in [0.2, 0.25) is 5.91 Å². The van der Waals surface area contributed by atoms with Gasteiger partial charge in [-0.25, -0.2) is 9.97 Å². The van der Waals surface area contributed by atoms with Crippen molar-refractivity contribution in [2.24, 2.45) is 10.9 Å². The molecule has 1 atom stereocenters. The van der Waals surface area contributed by atoms with E-state index in [0.29, 0.717) is 42.4 Å². The highest BCUT2D eigenvalue weighted by molar-refractivity contribution is 8.17. The highest BCUT2D eigenvalue weighted by Crippen LogP contribution is 2.34. The number of nitrogens with one attached hydrogen (secondary N) is 1. The number of aliphatic imine (C=N–C) groups is 1. The first-order valence-electron chi connectivity index (χ1n) is 13.9. The van der Waals surface area contributed by atoms with Gasteiger partial charge >= 0.3 is 0 Å². The summed E-state index contributed by atoms with van der Waals surface area (Å²) in [7, 11) is 1.78. The van der Waals surface area contributed by atoms with Crippen molar-refractivity contribution >= 4 is 28.4 Å². The third kappa shape index (κ3) is 7.20. The summed E-state index contributed by atoms with van der Waals surface area (Å²) in [5.74, 6) is 0.787. The predicted octanol–water partition coefficient (Wildman–Crippen LogP) is 4.50. The zero-order valence-corrected chi connectivity index (χ0v) is 23.1. The summed E-state index contributed by atoms with van der Waals surface area (Å²) in [5.41, 5.74) is 1.88. The molecule has 3 heterocycles. The fourth-order valence-electron chi connectivity index (χ4n) is 5.56. The molecule has 2 aliphatic carbocycles. The molecule has 0 radical (unpaired) electrons. The number of thioether (sulfide) groups is 1. The number of rotatable bonds is 7. The van der Waals surface area contributed by atoms with Crippen molar-refractivity contribution < 1.29 is 14.3 Å². The molecule has 1 amide bonds. The molecule has 1 N–H and O–H groups in total. The number of amidine groups is 1. The molecule has 204 valence electrons. The number of hydrogen-bond donors (Lipinski definition) is 1. The van der Waals surface area contributed by atoms with Crippen molar-refractivity contribution in [3.05, 3.63) is 53.5 Å². The van der Waals surface area contributed by atoms with Crippen LogP contribution < -0.4 is 5.32 Å². The number of aromatic nitrogens is 2. The van der Waals surface area contributed by atoms with E-state index in [-0.39, 0.29) is 11.8 Å². The molecule has 0 spiro atoms. The van der Waals surface area contributed by atoms with Crippen LogP contribution in [-0.2, 0) is 20.9 Å². The fourth-order valence-corrected chi connectivity index (χ4v) is 6.28. The van der Waals surface area contributed by atoms with Gasteiger partial charge in [0.15, 0.2) is 11.0 Å². The molecule has 1 aromatic heterocycles. The van der Waals surface area contributed by atoms with E-state index >= 15 is 0 Å². The van der Waals surface area contributed by atoms with E-state index in [2.05, 4.69) is 31.8 Å². The van der Waals surface area contributed by atoms with Crippen LogP contribution in [0.5, 0.6) is 0 Å². The molecule has 9 heteroatoms. The van der Waals surface area contributed by atoms with Crippen LogP contribution in [-0.4, -0.2) is 70.9 Å². The number of carbonyl (C=O) groups excluding carboxylic acids is 1. The van der Waals surface area contributed by atoms with Gasteiger partial charge in [0.1, 0.15) is 6.61 Å². The Morgan fingerprint density at radius 2 is 1.95 bits per heavy atom. The van der Waals surface area contributed by atoms with E-state index in [1.165, 1.54) is 31.0 Å². The Bertz CT molecular complexity index is 1070. The first kappa shape index (κ1) is 27.2. The Hall–Kier alpha value is -2.33. The zero-order valence-electron chi connectivity index (χ0n) is 22.3. The van der Waals surface area contributed by atoms with Gasteiger partial charge in [0.05, 0.1) is 18.8 Å². The second kappa shape index (κ2) is 13.2. The molecule has 8 nitrogen and oxygen atoms in total. The molecular weight excluding hydrogens is 498 g/mol. The average molecular weight is 538 g/mol. The van der Waals surface area contributed by atoms with E-state index in [9.17, 15) is 4.79 Å². The minimum absolute atomic E-state index is 0.0326. The van der Waals surface area contributed by atoms with Crippen LogP contribution in [0.25, 0.3) is 5.57 Å². The highest BCUT2D eigenvalue weighted by atomic mass is 32.2. The Labute approximate surface area is 230 Å². The molecule has 1 aromatic rings. The van der Waals surface area contributed by atoms with Crippen molar-refractivity contribution in [1.29, 1.82) is 0 Å².